The Morgan fingerprint density at radius 1 is 0.944 bits per heavy atom. The molecule has 0 atom stereocenters. The van der Waals surface area contributed by atoms with Crippen molar-refractivity contribution in [2.45, 2.75) is 38.1 Å². The number of hydrogen-bond acceptors (Lipinski definition) is 4. The molecule has 2 N–H and O–H groups in total. The Labute approximate surface area is 209 Å². The van der Waals surface area contributed by atoms with Crippen molar-refractivity contribution in [2.24, 2.45) is 0 Å². The summed E-state index contributed by atoms with van der Waals surface area (Å²) < 4.78 is 11.8. The molecular formula is C30H27N3O3. The molecule has 1 aliphatic carbocycles. The predicted octanol–water partition coefficient (Wildman–Crippen LogP) is 7.34. The van der Waals surface area contributed by atoms with Gasteiger partial charge in [-0.1, -0.05) is 55.7 Å². The van der Waals surface area contributed by atoms with Crippen molar-refractivity contribution in [2.75, 3.05) is 0 Å². The van der Waals surface area contributed by atoms with Gasteiger partial charge in [0.2, 0.25) is 0 Å². The monoisotopic (exact) mass is 477 g/mol. The third-order valence-electron chi connectivity index (χ3n) is 6.77. The van der Waals surface area contributed by atoms with E-state index in [4.69, 9.17) is 9.15 Å². The molecule has 1 aliphatic rings. The number of carbonyl (C=O) groups is 1. The van der Waals surface area contributed by atoms with Crippen molar-refractivity contribution in [3.05, 3.63) is 91.1 Å². The second-order valence-electron chi connectivity index (χ2n) is 9.24. The molecule has 2 aromatic carbocycles. The molecule has 6 heteroatoms. The van der Waals surface area contributed by atoms with Gasteiger partial charge in [-0.05, 0) is 43.2 Å². The first-order valence-corrected chi connectivity index (χ1v) is 12.4. The van der Waals surface area contributed by atoms with E-state index in [0.29, 0.717) is 5.76 Å². The molecule has 3 heterocycles. The maximum atomic E-state index is 12.7. The molecule has 6 nitrogen and oxygen atoms in total. The number of ether oxygens (including phenoxy) is 1. The van der Waals surface area contributed by atoms with Gasteiger partial charge in [0.1, 0.15) is 17.1 Å². The van der Waals surface area contributed by atoms with E-state index in [9.17, 15) is 4.79 Å². The molecule has 180 valence electrons. The van der Waals surface area contributed by atoms with Crippen LogP contribution in [0.25, 0.3) is 33.3 Å². The third kappa shape index (κ3) is 4.50. The van der Waals surface area contributed by atoms with Crippen molar-refractivity contribution >= 4 is 16.9 Å². The molecule has 0 spiro atoms. The average molecular weight is 478 g/mol. The minimum atomic E-state index is -0.154. The van der Waals surface area contributed by atoms with Crippen LogP contribution in [0.5, 0.6) is 11.5 Å². The fourth-order valence-corrected chi connectivity index (χ4v) is 4.90. The third-order valence-corrected chi connectivity index (χ3v) is 6.77. The second-order valence-corrected chi connectivity index (χ2v) is 9.24. The molecule has 36 heavy (non-hydrogen) atoms. The maximum Gasteiger partial charge on any atom is 0.287 e. The molecule has 1 fully saturated rings. The highest BCUT2D eigenvalue weighted by Crippen LogP contribution is 2.36. The van der Waals surface area contributed by atoms with Crippen LogP contribution in [-0.4, -0.2) is 21.9 Å². The SMILES string of the molecule is O=C(NC1CCCCC1)c1cc(-c2c[nH]c3ncc(-c4ccccc4Oc4ccccc4)cc23)co1. The maximum absolute atomic E-state index is 12.7. The molecule has 0 unspecified atom stereocenters. The van der Waals surface area contributed by atoms with Gasteiger partial charge in [0.15, 0.2) is 5.76 Å². The van der Waals surface area contributed by atoms with E-state index < -0.39 is 0 Å². The van der Waals surface area contributed by atoms with E-state index in [2.05, 4.69) is 21.4 Å². The number of fused-ring (bicyclic) bond motifs is 1. The number of nitrogens with one attached hydrogen (secondary N) is 2. The van der Waals surface area contributed by atoms with Crippen molar-refractivity contribution in [3.63, 3.8) is 0 Å². The number of nitrogens with zero attached hydrogens (tertiary/aromatic N) is 1. The first-order valence-electron chi connectivity index (χ1n) is 12.4. The van der Waals surface area contributed by atoms with Gasteiger partial charge >= 0.3 is 0 Å². The van der Waals surface area contributed by atoms with Crippen molar-refractivity contribution in [3.8, 4) is 33.8 Å². The molecule has 1 amide bonds. The topological polar surface area (TPSA) is 80.2 Å². The number of hydrogen-bond donors (Lipinski definition) is 2. The number of rotatable bonds is 6. The standard InChI is InChI=1S/C30H27N3O3/c34-30(33-22-9-3-1-4-10-22)28-16-21(19-35-28)26-18-32-29-25(26)15-20(17-31-29)24-13-7-8-14-27(24)36-23-11-5-2-6-12-23/h2,5-8,11-19,22H,1,3-4,9-10H2,(H,31,32)(H,33,34). The first-order chi connectivity index (χ1) is 17.7. The zero-order valence-corrected chi connectivity index (χ0v) is 19.9. The summed E-state index contributed by atoms with van der Waals surface area (Å²) in [5, 5.41) is 4.07. The number of furan rings is 1. The van der Waals surface area contributed by atoms with E-state index in [0.717, 1.165) is 57.6 Å². The van der Waals surface area contributed by atoms with E-state index in [1.165, 1.54) is 19.3 Å². The van der Waals surface area contributed by atoms with E-state index in [1.807, 2.05) is 67.0 Å². The van der Waals surface area contributed by atoms with Crippen LogP contribution in [0.2, 0.25) is 0 Å². The Morgan fingerprint density at radius 2 is 1.75 bits per heavy atom. The quantitative estimate of drug-likeness (QED) is 0.268. The number of pyridine rings is 1. The summed E-state index contributed by atoms with van der Waals surface area (Å²) in [5.41, 5.74) is 4.42. The van der Waals surface area contributed by atoms with Crippen LogP contribution in [0.15, 0.2) is 89.8 Å². The number of aromatic nitrogens is 2. The fourth-order valence-electron chi connectivity index (χ4n) is 4.90. The van der Waals surface area contributed by atoms with Gasteiger partial charge in [-0.2, -0.15) is 0 Å². The van der Waals surface area contributed by atoms with Crippen LogP contribution in [0.1, 0.15) is 42.7 Å². The molecule has 0 bridgehead atoms. The van der Waals surface area contributed by atoms with Crippen LogP contribution in [-0.2, 0) is 0 Å². The lowest BCUT2D eigenvalue weighted by atomic mass is 9.95. The first kappa shape index (κ1) is 22.2. The summed E-state index contributed by atoms with van der Waals surface area (Å²) in [7, 11) is 0. The predicted molar refractivity (Wildman–Crippen MR) is 140 cm³/mol. The zero-order valence-electron chi connectivity index (χ0n) is 19.9. The van der Waals surface area contributed by atoms with Gasteiger partial charge in [-0.25, -0.2) is 4.98 Å². The number of carbonyl (C=O) groups excluding carboxylic acids is 1. The normalized spacial score (nSPS) is 14.1. The van der Waals surface area contributed by atoms with Crippen molar-refractivity contribution in [1.29, 1.82) is 0 Å². The van der Waals surface area contributed by atoms with Gasteiger partial charge in [-0.3, -0.25) is 4.79 Å². The van der Waals surface area contributed by atoms with Gasteiger partial charge in [0.05, 0.1) is 6.26 Å². The van der Waals surface area contributed by atoms with Crippen LogP contribution < -0.4 is 10.1 Å². The molecular weight excluding hydrogens is 450 g/mol. The highest BCUT2D eigenvalue weighted by atomic mass is 16.5. The van der Waals surface area contributed by atoms with E-state index in [-0.39, 0.29) is 11.9 Å². The molecule has 3 aromatic heterocycles. The molecule has 6 rings (SSSR count). The minimum Gasteiger partial charge on any atom is -0.459 e. The zero-order chi connectivity index (χ0) is 24.3. The van der Waals surface area contributed by atoms with Gasteiger partial charge in [0, 0.05) is 46.1 Å². The van der Waals surface area contributed by atoms with E-state index >= 15 is 0 Å². The number of H-pyrrole nitrogens is 1. The lowest BCUT2D eigenvalue weighted by Gasteiger charge is -2.22. The number of aromatic amines is 1. The van der Waals surface area contributed by atoms with E-state index in [1.54, 1.807) is 12.3 Å². The van der Waals surface area contributed by atoms with Crippen LogP contribution in [0, 0.1) is 0 Å². The fraction of sp³-hybridized carbons (Fsp3) is 0.200. The van der Waals surface area contributed by atoms with Gasteiger partial charge < -0.3 is 19.5 Å². The van der Waals surface area contributed by atoms with Gasteiger partial charge in [-0.15, -0.1) is 0 Å². The molecule has 0 saturated heterocycles. The molecule has 0 radical (unpaired) electrons. The van der Waals surface area contributed by atoms with Crippen LogP contribution in [0.4, 0.5) is 0 Å². The Bertz CT molecular complexity index is 1500. The van der Waals surface area contributed by atoms with Crippen molar-refractivity contribution in [1.82, 2.24) is 15.3 Å². The number of amides is 1. The molecule has 5 aromatic rings. The summed E-state index contributed by atoms with van der Waals surface area (Å²) in [6.45, 7) is 0. The summed E-state index contributed by atoms with van der Waals surface area (Å²) in [6, 6.07) is 21.8. The Kier molecular flexibility index (Phi) is 6.00. The lowest BCUT2D eigenvalue weighted by Crippen LogP contribution is -2.35. The summed E-state index contributed by atoms with van der Waals surface area (Å²) in [5.74, 6) is 1.71. The smallest absolute Gasteiger partial charge is 0.287 e. The number of benzene rings is 2. The highest BCUT2D eigenvalue weighted by Gasteiger charge is 2.20. The lowest BCUT2D eigenvalue weighted by molar-refractivity contribution is 0.0899. The molecule has 0 aliphatic heterocycles. The Morgan fingerprint density at radius 3 is 2.61 bits per heavy atom. The van der Waals surface area contributed by atoms with Gasteiger partial charge in [0.25, 0.3) is 5.91 Å². The Hall–Kier alpha value is -4.32. The molecule has 1 saturated carbocycles. The second kappa shape index (κ2) is 9.74. The largest absolute Gasteiger partial charge is 0.459 e. The highest BCUT2D eigenvalue weighted by molar-refractivity contribution is 5.98. The number of para-hydroxylation sites is 2. The Balaban J connectivity index is 1.30. The minimum absolute atomic E-state index is 0.154. The van der Waals surface area contributed by atoms with Crippen LogP contribution >= 0.6 is 0 Å². The van der Waals surface area contributed by atoms with Crippen LogP contribution in [0.3, 0.4) is 0 Å². The summed E-state index contributed by atoms with van der Waals surface area (Å²) >= 11 is 0. The summed E-state index contributed by atoms with van der Waals surface area (Å²) in [4.78, 5) is 20.6. The average Bonchev–Trinajstić information content (AvgIpc) is 3.57. The van der Waals surface area contributed by atoms with Crippen molar-refractivity contribution < 1.29 is 13.9 Å². The summed E-state index contributed by atoms with van der Waals surface area (Å²) in [6.07, 6.45) is 11.0.